The van der Waals surface area contributed by atoms with E-state index in [1.54, 1.807) is 0 Å². The van der Waals surface area contributed by atoms with Gasteiger partial charge in [0.15, 0.2) is 0 Å². The van der Waals surface area contributed by atoms with E-state index >= 15 is 9.59 Å². The predicted octanol–water partition coefficient (Wildman–Crippen LogP) is 23.5. The molecule has 96 heavy (non-hydrogen) atoms. The van der Waals surface area contributed by atoms with Crippen molar-refractivity contribution in [1.82, 2.24) is 9.13 Å². The van der Waals surface area contributed by atoms with E-state index in [2.05, 4.69) is 87.1 Å². The van der Waals surface area contributed by atoms with E-state index in [4.69, 9.17) is 18.9 Å². The van der Waals surface area contributed by atoms with Crippen molar-refractivity contribution in [2.24, 2.45) is 11.8 Å². The topological polar surface area (TPSA) is 80.9 Å². The van der Waals surface area contributed by atoms with Crippen LogP contribution in [0.4, 0.5) is 0 Å². The van der Waals surface area contributed by atoms with Gasteiger partial charge in [-0.3, -0.25) is 0 Å². The minimum atomic E-state index is -0.167. The summed E-state index contributed by atoms with van der Waals surface area (Å²) in [7, 11) is 0. The molecule has 0 aromatic carbocycles. The van der Waals surface area contributed by atoms with Gasteiger partial charge in [0.25, 0.3) is 0 Å². The summed E-state index contributed by atoms with van der Waals surface area (Å²) in [5.74, 6) is 5.08. The van der Waals surface area contributed by atoms with Gasteiger partial charge in [-0.2, -0.15) is 0 Å². The molecule has 0 fully saturated rings. The normalized spacial score (nSPS) is 13.6. The van der Waals surface area contributed by atoms with Gasteiger partial charge in [-0.15, -0.1) is 0 Å². The Balaban J connectivity index is 1.06. The molecule has 2 aliphatic rings. The molecule has 0 bridgehead atoms. The molecule has 0 saturated heterocycles. The third kappa shape index (κ3) is 25.4. The summed E-state index contributed by atoms with van der Waals surface area (Å²) < 4.78 is 39.8. The summed E-state index contributed by atoms with van der Waals surface area (Å²) in [6.45, 7) is 17.2. The van der Waals surface area contributed by atoms with Gasteiger partial charge < -0.3 is 0 Å². The molecule has 12 heteroatoms. The molecule has 0 spiro atoms. The number of fused-ring (bicyclic) bond motifs is 3. The zero-order valence-electron chi connectivity index (χ0n) is 61.4. The van der Waals surface area contributed by atoms with E-state index in [1.807, 2.05) is 0 Å². The molecule has 0 radical (unpaired) electrons. The van der Waals surface area contributed by atoms with Gasteiger partial charge in [0.05, 0.1) is 0 Å². The quantitative estimate of drug-likeness (QED) is 0.0280. The van der Waals surface area contributed by atoms with Crippen molar-refractivity contribution in [3.05, 3.63) is 66.0 Å². The number of unbranched alkanes of at least 4 members (excludes halogenated alkanes) is 34. The van der Waals surface area contributed by atoms with Gasteiger partial charge >= 0.3 is 405 Å². The second kappa shape index (κ2) is 46.1. The van der Waals surface area contributed by atoms with E-state index in [0.29, 0.717) is 39.5 Å². The molecule has 2 aliphatic heterocycles. The molecule has 8 heterocycles. The van der Waals surface area contributed by atoms with Crippen molar-refractivity contribution < 1.29 is 18.9 Å². The van der Waals surface area contributed by atoms with E-state index in [9.17, 15) is 0 Å². The van der Waals surface area contributed by atoms with Crippen molar-refractivity contribution in [3.63, 3.8) is 0 Å². The molecule has 0 N–H and O–H groups in total. The van der Waals surface area contributed by atoms with Crippen molar-refractivity contribution in [2.75, 3.05) is 26.4 Å². The number of hydrogen-bond acceptors (Lipinski definition) is 6. The summed E-state index contributed by atoms with van der Waals surface area (Å²) in [6, 6.07) is 13.3. The number of hydrogen-bond donors (Lipinski definition) is 0. The van der Waals surface area contributed by atoms with Crippen LogP contribution in [0.25, 0.3) is 48.8 Å². The first kappa shape index (κ1) is 79.1. The molecule has 8 rings (SSSR count). The second-order valence-corrected chi connectivity index (χ2v) is 38.7. The maximum atomic E-state index is 15.9. The molecule has 2 atom stereocenters. The Morgan fingerprint density at radius 3 is 1.01 bits per heavy atom. The van der Waals surface area contributed by atoms with Crippen molar-refractivity contribution in [3.8, 4) is 60.7 Å². The monoisotopic (exact) mass is 1580 g/mol. The average molecular weight is 1580 g/mol. The SMILES string of the molecule is CCCCCCCCCCCCC(CCCCCCCCCC)CCCCn1c(=O)c(-c2ccc(C)[se]2)cc2c1cc(-c1ccc(-c3[se]c(-c4[se]c(C)c5c4OCCO5)c4c3OCCO4)[se]1)c(=O)n2CCCCC(CCCCCCCCCC)CCCCCCCCCCCC. The van der Waals surface area contributed by atoms with Crippen LogP contribution in [-0.4, -0.2) is 93.6 Å². The first-order valence-electron chi connectivity index (χ1n) is 40.0. The number of aromatic nitrogens is 2. The zero-order valence-corrected chi connectivity index (χ0v) is 68.2. The van der Waals surface area contributed by atoms with Crippen LogP contribution in [0.5, 0.6) is 23.0 Å². The molecule has 0 saturated carbocycles. The van der Waals surface area contributed by atoms with Gasteiger partial charge in [0.2, 0.25) is 0 Å². The number of pyridine rings is 2. The fraction of sp³-hybridized carbons (Fsp3) is 0.714. The van der Waals surface area contributed by atoms with Crippen LogP contribution < -0.4 is 30.1 Å². The van der Waals surface area contributed by atoms with Gasteiger partial charge in [-0.05, 0) is 0 Å². The van der Waals surface area contributed by atoms with Gasteiger partial charge in [0, 0.05) is 0 Å². The van der Waals surface area contributed by atoms with Gasteiger partial charge in [-0.25, -0.2) is 0 Å². The average Bonchev–Trinajstić information content (AvgIpc) is 1.23. The fourth-order valence-corrected chi connectivity index (χ4v) is 25.1. The summed E-state index contributed by atoms with van der Waals surface area (Å²) >= 11 is -0.0814. The van der Waals surface area contributed by atoms with Crippen LogP contribution in [0.1, 0.15) is 332 Å². The Kier molecular flexibility index (Phi) is 37.9. The minimum absolute atomic E-state index is 0.0730. The number of nitrogens with zero attached hydrogens (tertiary/aromatic N) is 2. The van der Waals surface area contributed by atoms with Gasteiger partial charge in [-0.1, -0.05) is 207 Å². The first-order chi connectivity index (χ1) is 47.2. The molecule has 0 aliphatic carbocycles. The van der Waals surface area contributed by atoms with Crippen LogP contribution in [0.3, 0.4) is 0 Å². The van der Waals surface area contributed by atoms with E-state index in [1.165, 1.54) is 296 Å². The minimum Gasteiger partial charge on any atom is -0.0654 e. The number of aryl methyl sites for hydroxylation is 4. The van der Waals surface area contributed by atoms with Gasteiger partial charge in [0.1, 0.15) is 0 Å². The van der Waals surface area contributed by atoms with Crippen LogP contribution in [-0.2, 0) is 13.1 Å². The standard InChI is InChI=1S/C84H130N2O6Se4/c1-7-11-15-19-23-27-29-33-37-41-49-67(47-39-35-31-25-21-17-13-9-3)51-43-45-57-85-72-64-70(74-55-56-75(95-74)80-78-79(92-62-61-91-78)82(96-80)81-77-76(66(6)94-81)89-59-60-90-77)84(88)86(71(72)63-69(83(85)87)73-54-53-65(5)93-73)58-46-44-52-68(48-40-36-32-26-22-18-14-10-4)50-42-38-34-30-28-24-20-16-12-8-2/h53-56,63-64,67-68H,7-52,57-62H2,1-6H3. The van der Waals surface area contributed by atoms with Crippen LogP contribution >= 0.6 is 0 Å². The van der Waals surface area contributed by atoms with Crippen molar-refractivity contribution in [1.29, 1.82) is 0 Å². The Hall–Kier alpha value is -2.64. The zero-order chi connectivity index (χ0) is 67.4. The summed E-state index contributed by atoms with van der Waals surface area (Å²) in [6.07, 6.45) is 61.5. The molecule has 6 aromatic heterocycles. The Labute approximate surface area is 607 Å². The second-order valence-electron chi connectivity index (χ2n) is 29.0. The van der Waals surface area contributed by atoms with E-state index in [0.717, 1.165) is 91.6 Å². The third-order valence-electron chi connectivity index (χ3n) is 21.0. The molecule has 2 unspecified atom stereocenters. The van der Waals surface area contributed by atoms with Crippen LogP contribution in [0.15, 0.2) is 46.0 Å². The Morgan fingerprint density at radius 1 is 0.333 bits per heavy atom. The molecule has 6 aromatic rings. The smallest absolute Gasteiger partial charge is 0.0654 e. The van der Waals surface area contributed by atoms with Crippen molar-refractivity contribution >= 4 is 69.0 Å². The molecule has 536 valence electrons. The molecule has 8 nitrogen and oxygen atoms in total. The number of rotatable bonds is 54. The van der Waals surface area contributed by atoms with Crippen LogP contribution in [0, 0.1) is 25.7 Å². The summed E-state index contributed by atoms with van der Waals surface area (Å²) in [5, 5.41) is 0. The van der Waals surface area contributed by atoms with Crippen molar-refractivity contribution in [2.45, 2.75) is 350 Å². The molecular formula is C84H130N2O6Se4. The molecular weight excluding hydrogens is 1450 g/mol. The summed E-state index contributed by atoms with van der Waals surface area (Å²) in [5.41, 5.74) is 3.64. The van der Waals surface area contributed by atoms with E-state index in [-0.39, 0.29) is 69.1 Å². The number of ether oxygens (including phenoxy) is 4. The summed E-state index contributed by atoms with van der Waals surface area (Å²) in [4.78, 5) is 31.4. The predicted molar refractivity (Wildman–Crippen MR) is 415 cm³/mol. The first-order valence-corrected chi connectivity index (χ1v) is 46.9. The van der Waals surface area contributed by atoms with E-state index < -0.39 is 0 Å². The fourth-order valence-electron chi connectivity index (χ4n) is 15.2. The maximum absolute atomic E-state index is 15.9. The van der Waals surface area contributed by atoms with Crippen LogP contribution in [0.2, 0.25) is 0 Å². The Bertz CT molecular complexity index is 3230. The Morgan fingerprint density at radius 2 is 0.635 bits per heavy atom. The molecule has 0 amide bonds. The third-order valence-corrected chi connectivity index (χ3v) is 31.6.